The molecule has 2 aromatic rings. The third kappa shape index (κ3) is 5.95. The lowest BCUT2D eigenvalue weighted by Crippen LogP contribution is -2.41. The fraction of sp³-hybridized carbons (Fsp3) is 0.480. The van der Waals surface area contributed by atoms with Crippen LogP contribution < -0.4 is 10.4 Å². The largest absolute Gasteiger partial charge is 0.368 e. The molecule has 0 aromatic carbocycles. The maximum absolute atomic E-state index is 13.5. The Kier molecular flexibility index (Phi) is 8.01. The van der Waals surface area contributed by atoms with Crippen molar-refractivity contribution in [2.24, 2.45) is 5.92 Å². The van der Waals surface area contributed by atoms with Gasteiger partial charge in [-0.1, -0.05) is 32.4 Å². The van der Waals surface area contributed by atoms with E-state index in [1.807, 2.05) is 37.9 Å². The zero-order valence-corrected chi connectivity index (χ0v) is 20.3. The topological polar surface area (TPSA) is 46.1 Å². The number of alkyl halides is 4. The van der Waals surface area contributed by atoms with Gasteiger partial charge in [0.05, 0.1) is 16.4 Å². The number of hydrogen-bond donors (Lipinski definition) is 0. The summed E-state index contributed by atoms with van der Waals surface area (Å²) in [5.41, 5.74) is 2.76. The Balaban J connectivity index is 1.83. The van der Waals surface area contributed by atoms with Gasteiger partial charge in [-0.15, -0.1) is 0 Å². The predicted octanol–water partition coefficient (Wildman–Crippen LogP) is 4.72. The minimum Gasteiger partial charge on any atom is -0.368 e. The van der Waals surface area contributed by atoms with E-state index in [2.05, 4.69) is 9.97 Å². The average Bonchev–Trinajstić information content (AvgIpc) is 2.73. The van der Waals surface area contributed by atoms with E-state index >= 15 is 0 Å². The van der Waals surface area contributed by atoms with Crippen LogP contribution in [0.4, 0.5) is 17.6 Å². The van der Waals surface area contributed by atoms with E-state index in [1.165, 1.54) is 13.1 Å². The summed E-state index contributed by atoms with van der Waals surface area (Å²) in [6.07, 6.45) is 0.694. The van der Waals surface area contributed by atoms with E-state index in [1.54, 1.807) is 12.3 Å². The molecule has 0 N–H and O–H groups in total. The SMILES string of the molecule is CC1=c2ccnc(CC(=O)C(C)C)c2=CN(Cc2cnc(C(C)CC(F)(F)C(F)F)c(Cl)c2)C1. The molecule has 4 nitrogen and oxygen atoms in total. The first-order valence-electron chi connectivity index (χ1n) is 11.1. The van der Waals surface area contributed by atoms with Gasteiger partial charge in [-0.05, 0) is 35.4 Å². The molecule has 184 valence electrons. The first kappa shape index (κ1) is 26.1. The molecule has 0 spiro atoms. The van der Waals surface area contributed by atoms with Crippen LogP contribution in [0.3, 0.4) is 0 Å². The number of rotatable bonds is 9. The summed E-state index contributed by atoms with van der Waals surface area (Å²) in [7, 11) is 0. The average molecular weight is 498 g/mol. The van der Waals surface area contributed by atoms with Crippen LogP contribution in [0.2, 0.25) is 5.02 Å². The second kappa shape index (κ2) is 10.4. The molecule has 1 atom stereocenters. The van der Waals surface area contributed by atoms with E-state index in [0.29, 0.717) is 13.1 Å². The van der Waals surface area contributed by atoms with Crippen molar-refractivity contribution in [3.05, 3.63) is 56.9 Å². The lowest BCUT2D eigenvalue weighted by atomic mass is 9.98. The number of ketones is 1. The van der Waals surface area contributed by atoms with Crippen molar-refractivity contribution in [2.75, 3.05) is 6.54 Å². The lowest BCUT2D eigenvalue weighted by molar-refractivity contribution is -0.135. The van der Waals surface area contributed by atoms with Crippen LogP contribution in [0, 0.1) is 5.92 Å². The van der Waals surface area contributed by atoms with Gasteiger partial charge in [-0.3, -0.25) is 14.8 Å². The molecule has 0 radical (unpaired) electrons. The molecule has 1 aliphatic rings. The summed E-state index contributed by atoms with van der Waals surface area (Å²) < 4.78 is 52.0. The number of Topliss-reactive ketones (excluding diaryl/α,β-unsaturated/α-hetero) is 1. The summed E-state index contributed by atoms with van der Waals surface area (Å²) in [6, 6.07) is 3.57. The molecule has 0 saturated heterocycles. The molecule has 0 bridgehead atoms. The zero-order chi connectivity index (χ0) is 25.2. The van der Waals surface area contributed by atoms with E-state index in [9.17, 15) is 22.4 Å². The highest BCUT2D eigenvalue weighted by atomic mass is 35.5. The number of fused-ring (bicyclic) bond motifs is 1. The molecule has 1 aliphatic heterocycles. The number of hydrogen-bond acceptors (Lipinski definition) is 4. The Bertz CT molecular complexity index is 1180. The third-order valence-corrected chi connectivity index (χ3v) is 6.25. The van der Waals surface area contributed by atoms with Crippen molar-refractivity contribution >= 4 is 29.2 Å². The molecule has 0 amide bonds. The van der Waals surface area contributed by atoms with Crippen LogP contribution in [0.25, 0.3) is 11.8 Å². The highest BCUT2D eigenvalue weighted by molar-refractivity contribution is 6.31. The van der Waals surface area contributed by atoms with E-state index in [0.717, 1.165) is 27.3 Å². The standard InChI is InChI=1S/C25H28ClF4N3O/c1-14(2)22(34)8-21-19-13-33(11-16(4)18(19)5-6-31-21)12-17-7-20(26)23(32-10-17)15(3)9-25(29,30)24(27)28/h5-7,10,13-15,24H,8-9,11-12H2,1-4H3. The van der Waals surface area contributed by atoms with Crippen molar-refractivity contribution in [1.29, 1.82) is 0 Å². The van der Waals surface area contributed by atoms with Crippen LogP contribution in [-0.2, 0) is 17.8 Å². The highest BCUT2D eigenvalue weighted by Crippen LogP contribution is 2.36. The number of aromatic nitrogens is 2. The molecule has 0 aliphatic carbocycles. The van der Waals surface area contributed by atoms with Crippen LogP contribution in [0.5, 0.6) is 0 Å². The first-order chi connectivity index (χ1) is 15.9. The summed E-state index contributed by atoms with van der Waals surface area (Å²) >= 11 is 6.30. The summed E-state index contributed by atoms with van der Waals surface area (Å²) in [6.45, 7) is 8.24. The van der Waals surface area contributed by atoms with Gasteiger partial charge in [0, 0.05) is 61.6 Å². The van der Waals surface area contributed by atoms with Gasteiger partial charge in [0.2, 0.25) is 0 Å². The zero-order valence-electron chi connectivity index (χ0n) is 19.6. The summed E-state index contributed by atoms with van der Waals surface area (Å²) in [4.78, 5) is 23.0. The molecule has 0 saturated carbocycles. The second-order valence-corrected chi connectivity index (χ2v) is 9.62. The van der Waals surface area contributed by atoms with Gasteiger partial charge < -0.3 is 4.90 Å². The summed E-state index contributed by atoms with van der Waals surface area (Å²) in [5.74, 6) is -5.00. The quantitative estimate of drug-likeness (QED) is 0.470. The maximum Gasteiger partial charge on any atom is 0.308 e. The Hall–Kier alpha value is -2.48. The van der Waals surface area contributed by atoms with Crippen LogP contribution >= 0.6 is 11.6 Å². The Morgan fingerprint density at radius 1 is 1.24 bits per heavy atom. The molecule has 1 unspecified atom stereocenters. The first-order valence-corrected chi connectivity index (χ1v) is 11.5. The third-order valence-electron chi connectivity index (χ3n) is 5.95. The number of nitrogens with zero attached hydrogens (tertiary/aromatic N) is 3. The van der Waals surface area contributed by atoms with E-state index in [4.69, 9.17) is 11.6 Å². The van der Waals surface area contributed by atoms with Crippen molar-refractivity contribution in [2.45, 2.75) is 65.3 Å². The van der Waals surface area contributed by atoms with Crippen LogP contribution in [-0.4, -0.2) is 39.5 Å². The van der Waals surface area contributed by atoms with Crippen LogP contribution in [0.15, 0.2) is 24.5 Å². The van der Waals surface area contributed by atoms with Crippen molar-refractivity contribution in [1.82, 2.24) is 14.9 Å². The number of carbonyl (C=O) groups excluding carboxylic acids is 1. The Morgan fingerprint density at radius 3 is 2.56 bits per heavy atom. The fourth-order valence-corrected chi connectivity index (χ4v) is 4.40. The number of pyridine rings is 2. The fourth-order valence-electron chi connectivity index (χ4n) is 4.03. The molecule has 34 heavy (non-hydrogen) atoms. The van der Waals surface area contributed by atoms with Crippen molar-refractivity contribution in [3.8, 4) is 0 Å². The van der Waals surface area contributed by atoms with Gasteiger partial charge in [-0.2, -0.15) is 0 Å². The second-order valence-electron chi connectivity index (χ2n) is 9.21. The van der Waals surface area contributed by atoms with Gasteiger partial charge >= 0.3 is 12.3 Å². The molecule has 9 heteroatoms. The number of carbonyl (C=O) groups is 1. The van der Waals surface area contributed by atoms with E-state index < -0.39 is 24.7 Å². The molecule has 3 heterocycles. The predicted molar refractivity (Wildman–Crippen MR) is 124 cm³/mol. The van der Waals surface area contributed by atoms with Gasteiger partial charge in [-0.25, -0.2) is 17.6 Å². The minimum atomic E-state index is -4.10. The highest BCUT2D eigenvalue weighted by Gasteiger charge is 2.42. The molecule has 2 aromatic heterocycles. The molecule has 0 fully saturated rings. The smallest absolute Gasteiger partial charge is 0.308 e. The lowest BCUT2D eigenvalue weighted by Gasteiger charge is -2.25. The monoisotopic (exact) mass is 497 g/mol. The van der Waals surface area contributed by atoms with Crippen molar-refractivity contribution in [3.63, 3.8) is 0 Å². The summed E-state index contributed by atoms with van der Waals surface area (Å²) in [5, 5.41) is 2.12. The normalized spacial score (nSPS) is 14.9. The number of halogens is 5. The molecule has 3 rings (SSSR count). The van der Waals surface area contributed by atoms with Crippen molar-refractivity contribution < 1.29 is 22.4 Å². The minimum absolute atomic E-state index is 0.0859. The van der Waals surface area contributed by atoms with Gasteiger partial charge in [0.15, 0.2) is 0 Å². The Labute approximate surface area is 201 Å². The van der Waals surface area contributed by atoms with E-state index in [-0.39, 0.29) is 28.8 Å². The maximum atomic E-state index is 13.5. The molecular weight excluding hydrogens is 470 g/mol. The van der Waals surface area contributed by atoms with Gasteiger partial charge in [0.1, 0.15) is 5.78 Å². The Morgan fingerprint density at radius 2 is 1.94 bits per heavy atom. The van der Waals surface area contributed by atoms with Gasteiger partial charge in [0.25, 0.3) is 0 Å². The van der Waals surface area contributed by atoms with Crippen LogP contribution in [0.1, 0.15) is 57.0 Å². The molecular formula is C25H28ClF4N3O.